The lowest BCUT2D eigenvalue weighted by Crippen LogP contribution is -2.75. The van der Waals surface area contributed by atoms with Gasteiger partial charge in [-0.05, 0) is 30.2 Å². The second kappa shape index (κ2) is 11.9. The van der Waals surface area contributed by atoms with Gasteiger partial charge in [-0.15, -0.1) is 0 Å². The monoisotopic (exact) mass is 700 g/mol. The van der Waals surface area contributed by atoms with Crippen LogP contribution in [0.1, 0.15) is 40.0 Å². The molecule has 0 saturated carbocycles. The van der Waals surface area contributed by atoms with Gasteiger partial charge in [0.25, 0.3) is 0 Å². The molecule has 0 radical (unpaired) electrons. The van der Waals surface area contributed by atoms with Crippen molar-refractivity contribution in [1.29, 1.82) is 0 Å². The molecule has 1 fully saturated rings. The Balaban J connectivity index is 0.00000107. The number of alkyl halides is 17. The predicted octanol–water partition coefficient (Wildman–Crippen LogP) is 6.90. The Morgan fingerprint density at radius 2 is 0.905 bits per heavy atom. The van der Waals surface area contributed by atoms with Crippen LogP contribution in [0, 0.1) is 5.41 Å². The van der Waals surface area contributed by atoms with Gasteiger partial charge in [0, 0.05) is 5.41 Å². The van der Waals surface area contributed by atoms with Crippen molar-refractivity contribution in [2.75, 3.05) is 17.3 Å². The fourth-order valence-corrected chi connectivity index (χ4v) is 5.71. The fourth-order valence-electron chi connectivity index (χ4n) is 2.74. The first kappa shape index (κ1) is 40.7. The van der Waals surface area contributed by atoms with Gasteiger partial charge in [-0.2, -0.15) is 74.6 Å². The highest BCUT2D eigenvalue weighted by Crippen LogP contribution is 2.64. The summed E-state index contributed by atoms with van der Waals surface area (Å²) >= 11 is 0. The van der Waals surface area contributed by atoms with Crippen molar-refractivity contribution in [3.63, 3.8) is 0 Å². The quantitative estimate of drug-likeness (QED) is 0.149. The zero-order valence-corrected chi connectivity index (χ0v) is 22.8. The minimum absolute atomic E-state index is 0.121. The molecule has 0 spiro atoms. The van der Waals surface area contributed by atoms with Gasteiger partial charge in [0.1, 0.15) is 11.5 Å². The molecule has 0 N–H and O–H groups in total. The summed E-state index contributed by atoms with van der Waals surface area (Å²) in [5, 5.41) is -7.95. The summed E-state index contributed by atoms with van der Waals surface area (Å²) in [6.45, 7) is 6.09. The molecule has 23 heteroatoms. The molecule has 0 unspecified atom stereocenters. The Hall–Kier alpha value is -1.26. The third kappa shape index (κ3) is 7.01. The molecule has 1 aliphatic rings. The summed E-state index contributed by atoms with van der Waals surface area (Å²) in [4.78, 5) is 11.7. The first-order chi connectivity index (χ1) is 18.0. The second-order valence-corrected chi connectivity index (χ2v) is 13.6. The van der Waals surface area contributed by atoms with Crippen LogP contribution in [0.3, 0.4) is 0 Å². The topological polar surface area (TPSA) is 74.3 Å². The molecule has 42 heavy (non-hydrogen) atoms. The molecule has 0 atom stereocenters. The molecular formula is C19H21F17O4S2. The number of hydrogen-bond donors (Lipinski definition) is 0. The molecule has 0 aliphatic carbocycles. The average Bonchev–Trinajstić information content (AvgIpc) is 2.77. The Labute approximate surface area is 229 Å². The summed E-state index contributed by atoms with van der Waals surface area (Å²) in [6.07, 6.45) is -3.82. The lowest BCUT2D eigenvalue weighted by atomic mass is 9.91. The van der Waals surface area contributed by atoms with Gasteiger partial charge in [0.2, 0.25) is 0 Å². The first-order valence-corrected chi connectivity index (χ1v) is 14.0. The molecule has 1 rings (SSSR count). The van der Waals surface area contributed by atoms with Crippen LogP contribution in [-0.4, -0.2) is 83.0 Å². The molecule has 0 aromatic carbocycles. The van der Waals surface area contributed by atoms with Crippen LogP contribution in [0.15, 0.2) is 0 Å². The standard InChI is InChI=1S/C11H21OS.C8HF17O3S/c1-11(2,3)10(12)9-13-7-5-4-6-8-13;9-1(10,3(13,14)5(17,18)7(21,22)23)2(11,12)4(15,16)6(19,20)8(24,25)29(26,27)28/h4-9H2,1-3H3;(H,26,27,28)/q+1;/p-1. The Kier molecular flexibility index (Phi) is 11.6. The van der Waals surface area contributed by atoms with Crippen molar-refractivity contribution < 1.29 is 92.4 Å². The van der Waals surface area contributed by atoms with Crippen molar-refractivity contribution in [1.82, 2.24) is 0 Å². The third-order valence-corrected chi connectivity index (χ3v) is 8.83. The molecule has 0 aromatic heterocycles. The van der Waals surface area contributed by atoms with Crippen molar-refractivity contribution in [3.8, 4) is 0 Å². The highest BCUT2D eigenvalue weighted by atomic mass is 32.2. The molecular weight excluding hydrogens is 679 g/mol. The summed E-state index contributed by atoms with van der Waals surface area (Å²) in [5.41, 5.74) is -0.121. The number of rotatable bonds is 9. The van der Waals surface area contributed by atoms with E-state index in [2.05, 4.69) is 0 Å². The molecule has 1 saturated heterocycles. The SMILES string of the molecule is CC(C)(C)C(=O)C[S+]1CCCCC1.O=S(=O)([O-])C(F)(F)C(F)(F)C(F)(F)C(F)(F)C(F)(F)C(F)(F)C(F)(F)C(F)(F)F. The van der Waals surface area contributed by atoms with E-state index in [0.29, 0.717) is 16.7 Å². The summed E-state index contributed by atoms with van der Waals surface area (Å²) in [6, 6.07) is 0. The smallest absolute Gasteiger partial charge is 0.460 e. The maximum atomic E-state index is 13.0. The highest BCUT2D eigenvalue weighted by molar-refractivity contribution is 7.97. The maximum absolute atomic E-state index is 13.0. The summed E-state index contributed by atoms with van der Waals surface area (Å²) in [7, 11) is -7.71. The van der Waals surface area contributed by atoms with E-state index in [-0.39, 0.29) is 5.41 Å². The lowest BCUT2D eigenvalue weighted by Gasteiger charge is -2.42. The fraction of sp³-hybridized carbons (Fsp3) is 0.947. The van der Waals surface area contributed by atoms with E-state index in [4.69, 9.17) is 0 Å². The van der Waals surface area contributed by atoms with Gasteiger partial charge in [-0.3, -0.25) is 4.79 Å². The van der Waals surface area contributed by atoms with Crippen molar-refractivity contribution in [2.24, 2.45) is 5.41 Å². The zero-order chi connectivity index (χ0) is 34.4. The molecule has 1 heterocycles. The van der Waals surface area contributed by atoms with Crippen LogP contribution in [-0.2, 0) is 25.8 Å². The van der Waals surface area contributed by atoms with Crippen LogP contribution >= 0.6 is 0 Å². The second-order valence-electron chi connectivity index (χ2n) is 9.81. The average molecular weight is 700 g/mol. The van der Waals surface area contributed by atoms with Crippen molar-refractivity contribution in [2.45, 2.75) is 87.0 Å². The van der Waals surface area contributed by atoms with Gasteiger partial charge in [-0.1, -0.05) is 20.8 Å². The maximum Gasteiger partial charge on any atom is 0.460 e. The lowest BCUT2D eigenvalue weighted by molar-refractivity contribution is -0.458. The minimum Gasteiger partial charge on any atom is -0.743 e. The molecule has 0 bridgehead atoms. The van der Waals surface area contributed by atoms with E-state index in [1.165, 1.54) is 30.8 Å². The van der Waals surface area contributed by atoms with Crippen molar-refractivity contribution >= 4 is 26.8 Å². The van der Waals surface area contributed by atoms with Gasteiger partial charge in [-0.25, -0.2) is 8.42 Å². The molecule has 1 aliphatic heterocycles. The van der Waals surface area contributed by atoms with E-state index >= 15 is 0 Å². The molecule has 0 aromatic rings. The van der Waals surface area contributed by atoms with Gasteiger partial charge < -0.3 is 4.55 Å². The number of Topliss-reactive ketones (excluding diaryl/α,β-unsaturated/α-hetero) is 1. The zero-order valence-electron chi connectivity index (χ0n) is 21.1. The van der Waals surface area contributed by atoms with Crippen LogP contribution in [0.4, 0.5) is 74.6 Å². The van der Waals surface area contributed by atoms with E-state index < -0.39 is 57.1 Å². The van der Waals surface area contributed by atoms with E-state index in [9.17, 15) is 92.4 Å². The van der Waals surface area contributed by atoms with Crippen LogP contribution in [0.25, 0.3) is 0 Å². The number of hydrogen-bond acceptors (Lipinski definition) is 4. The van der Waals surface area contributed by atoms with Gasteiger partial charge >= 0.3 is 47.0 Å². The van der Waals surface area contributed by atoms with E-state index in [0.717, 1.165) is 5.75 Å². The predicted molar refractivity (Wildman–Crippen MR) is 111 cm³/mol. The largest absolute Gasteiger partial charge is 0.743 e. The highest BCUT2D eigenvalue weighted by Gasteiger charge is 2.95. The third-order valence-electron chi connectivity index (χ3n) is 5.54. The van der Waals surface area contributed by atoms with Gasteiger partial charge in [0.15, 0.2) is 21.7 Å². The Morgan fingerprint density at radius 3 is 1.19 bits per heavy atom. The normalized spacial score (nSPS) is 17.9. The van der Waals surface area contributed by atoms with Gasteiger partial charge in [0.05, 0.1) is 0 Å². The van der Waals surface area contributed by atoms with Crippen LogP contribution in [0.2, 0.25) is 0 Å². The minimum atomic E-state index is -8.92. The molecule has 4 nitrogen and oxygen atoms in total. The number of halogens is 17. The van der Waals surface area contributed by atoms with E-state index in [1.54, 1.807) is 0 Å². The number of ketones is 1. The van der Waals surface area contributed by atoms with Crippen molar-refractivity contribution in [3.05, 3.63) is 0 Å². The number of carbonyl (C=O) groups excluding carboxylic acids is 1. The van der Waals surface area contributed by atoms with Crippen LogP contribution < -0.4 is 0 Å². The molecule has 252 valence electrons. The summed E-state index contributed by atoms with van der Waals surface area (Å²) in [5.74, 6) is -48.2. The Morgan fingerprint density at radius 1 is 0.595 bits per heavy atom. The molecule has 0 amide bonds. The number of carbonyl (C=O) groups is 1. The summed E-state index contributed by atoms with van der Waals surface area (Å²) < 4.78 is 244. The first-order valence-electron chi connectivity index (χ1n) is 10.8. The van der Waals surface area contributed by atoms with Crippen LogP contribution in [0.5, 0.6) is 0 Å². The Bertz CT molecular complexity index is 1060. The van der Waals surface area contributed by atoms with E-state index in [1.807, 2.05) is 20.8 Å².